The molecule has 2 aromatic carbocycles. The monoisotopic (exact) mass is 383 g/mol. The van der Waals surface area contributed by atoms with Gasteiger partial charge in [-0.05, 0) is 23.3 Å². The molecule has 0 aromatic heterocycles. The number of piperazine rings is 1. The van der Waals surface area contributed by atoms with Gasteiger partial charge in [-0.25, -0.2) is 4.39 Å². The van der Waals surface area contributed by atoms with Crippen molar-refractivity contribution in [3.8, 4) is 0 Å². The molecule has 2 N–H and O–H groups in total. The van der Waals surface area contributed by atoms with Crippen molar-refractivity contribution >= 4 is 5.96 Å². The smallest absolute Gasteiger partial charge is 0.191 e. The Morgan fingerprint density at radius 1 is 0.893 bits per heavy atom. The van der Waals surface area contributed by atoms with Crippen LogP contribution in [0.4, 0.5) is 4.39 Å². The highest BCUT2D eigenvalue weighted by Gasteiger charge is 2.16. The van der Waals surface area contributed by atoms with Crippen LogP contribution in [0.3, 0.4) is 0 Å². The van der Waals surface area contributed by atoms with Crippen LogP contribution in [0, 0.1) is 5.82 Å². The Balaban J connectivity index is 1.31. The molecule has 1 aliphatic rings. The number of nitrogens with one attached hydrogen (secondary N) is 2. The molecule has 0 radical (unpaired) electrons. The highest BCUT2D eigenvalue weighted by Crippen LogP contribution is 2.08. The highest BCUT2D eigenvalue weighted by atomic mass is 19.1. The lowest BCUT2D eigenvalue weighted by molar-refractivity contribution is 0.129. The van der Waals surface area contributed by atoms with Gasteiger partial charge < -0.3 is 10.6 Å². The van der Waals surface area contributed by atoms with Crippen molar-refractivity contribution in [2.45, 2.75) is 13.1 Å². The first-order chi connectivity index (χ1) is 13.7. The molecular formula is C22H30FN5. The first-order valence-electron chi connectivity index (χ1n) is 9.90. The second-order valence-corrected chi connectivity index (χ2v) is 7.08. The molecule has 6 heteroatoms. The highest BCUT2D eigenvalue weighted by molar-refractivity contribution is 5.79. The van der Waals surface area contributed by atoms with E-state index in [0.717, 1.165) is 57.3 Å². The van der Waals surface area contributed by atoms with E-state index in [1.807, 2.05) is 0 Å². The zero-order valence-corrected chi connectivity index (χ0v) is 16.6. The van der Waals surface area contributed by atoms with Gasteiger partial charge in [0, 0.05) is 59.4 Å². The maximum absolute atomic E-state index is 13.0. The molecule has 3 rings (SSSR count). The molecule has 0 amide bonds. The maximum Gasteiger partial charge on any atom is 0.191 e. The predicted octanol–water partition coefficient (Wildman–Crippen LogP) is 2.31. The molecule has 0 spiro atoms. The van der Waals surface area contributed by atoms with Gasteiger partial charge >= 0.3 is 0 Å². The van der Waals surface area contributed by atoms with Gasteiger partial charge in [-0.1, -0.05) is 42.5 Å². The quantitative estimate of drug-likeness (QED) is 0.569. The lowest BCUT2D eigenvalue weighted by Crippen LogP contribution is -2.48. The summed E-state index contributed by atoms with van der Waals surface area (Å²) in [5, 5.41) is 6.63. The van der Waals surface area contributed by atoms with Crippen molar-refractivity contribution in [1.29, 1.82) is 0 Å². The van der Waals surface area contributed by atoms with Gasteiger partial charge in [0.1, 0.15) is 5.82 Å². The molecular weight excluding hydrogens is 353 g/mol. The minimum absolute atomic E-state index is 0.213. The van der Waals surface area contributed by atoms with Crippen LogP contribution in [0.1, 0.15) is 11.1 Å². The summed E-state index contributed by atoms with van der Waals surface area (Å²) in [7, 11) is 1.77. The van der Waals surface area contributed by atoms with Gasteiger partial charge in [-0.15, -0.1) is 0 Å². The van der Waals surface area contributed by atoms with Gasteiger partial charge in [0.15, 0.2) is 5.96 Å². The zero-order valence-electron chi connectivity index (χ0n) is 16.6. The van der Waals surface area contributed by atoms with E-state index in [1.54, 1.807) is 19.2 Å². The van der Waals surface area contributed by atoms with Crippen LogP contribution in [0.5, 0.6) is 0 Å². The third kappa shape index (κ3) is 6.62. The summed E-state index contributed by atoms with van der Waals surface area (Å²) in [5.74, 6) is 0.558. The molecule has 1 heterocycles. The van der Waals surface area contributed by atoms with E-state index in [-0.39, 0.29) is 5.82 Å². The predicted molar refractivity (Wildman–Crippen MR) is 113 cm³/mol. The number of rotatable bonds is 7. The Hall–Kier alpha value is -2.44. The number of aliphatic imine (C=N–C) groups is 1. The third-order valence-electron chi connectivity index (χ3n) is 5.03. The molecule has 28 heavy (non-hydrogen) atoms. The Morgan fingerprint density at radius 3 is 2.25 bits per heavy atom. The van der Waals surface area contributed by atoms with Gasteiger partial charge in [0.05, 0.1) is 0 Å². The second kappa shape index (κ2) is 10.8. The van der Waals surface area contributed by atoms with Crippen molar-refractivity contribution in [2.75, 3.05) is 46.3 Å². The Labute approximate surface area is 167 Å². The fourth-order valence-corrected chi connectivity index (χ4v) is 3.35. The SMILES string of the molecule is CN=C(NCCN1CCN(Cc2ccccc2)CC1)NCc1ccc(F)cc1. The first kappa shape index (κ1) is 20.3. The van der Waals surface area contributed by atoms with Gasteiger partial charge in [0.2, 0.25) is 0 Å². The number of hydrogen-bond acceptors (Lipinski definition) is 3. The van der Waals surface area contributed by atoms with Crippen LogP contribution in [-0.4, -0.2) is 62.1 Å². The van der Waals surface area contributed by atoms with E-state index in [4.69, 9.17) is 0 Å². The molecule has 0 aliphatic carbocycles. The molecule has 2 aromatic rings. The Morgan fingerprint density at radius 2 is 1.57 bits per heavy atom. The minimum Gasteiger partial charge on any atom is -0.355 e. The normalized spacial score (nSPS) is 16.1. The van der Waals surface area contributed by atoms with Gasteiger partial charge in [0.25, 0.3) is 0 Å². The average Bonchev–Trinajstić information content (AvgIpc) is 2.74. The number of nitrogens with zero attached hydrogens (tertiary/aromatic N) is 3. The summed E-state index contributed by atoms with van der Waals surface area (Å²) in [5.41, 5.74) is 2.41. The molecule has 0 unspecified atom stereocenters. The first-order valence-corrected chi connectivity index (χ1v) is 9.90. The van der Waals surface area contributed by atoms with Crippen molar-refractivity contribution in [3.05, 3.63) is 71.5 Å². The van der Waals surface area contributed by atoms with Crippen LogP contribution in [0.15, 0.2) is 59.6 Å². The summed E-state index contributed by atoms with van der Waals surface area (Å²) in [6.45, 7) is 7.90. The lowest BCUT2D eigenvalue weighted by Gasteiger charge is -2.34. The molecule has 1 saturated heterocycles. The molecule has 5 nitrogen and oxygen atoms in total. The van der Waals surface area contributed by atoms with E-state index < -0.39 is 0 Å². The summed E-state index contributed by atoms with van der Waals surface area (Å²) < 4.78 is 13.0. The van der Waals surface area contributed by atoms with Crippen LogP contribution >= 0.6 is 0 Å². The van der Waals surface area contributed by atoms with Crippen LogP contribution in [0.25, 0.3) is 0 Å². The van der Waals surface area contributed by atoms with Crippen molar-refractivity contribution in [1.82, 2.24) is 20.4 Å². The number of benzene rings is 2. The number of hydrogen-bond donors (Lipinski definition) is 2. The van der Waals surface area contributed by atoms with Crippen molar-refractivity contribution in [2.24, 2.45) is 4.99 Å². The average molecular weight is 384 g/mol. The second-order valence-electron chi connectivity index (χ2n) is 7.08. The summed E-state index contributed by atoms with van der Waals surface area (Å²) in [6, 6.07) is 17.2. The van der Waals surface area contributed by atoms with E-state index in [2.05, 4.69) is 55.8 Å². The Bertz CT molecular complexity index is 724. The summed E-state index contributed by atoms with van der Waals surface area (Å²) >= 11 is 0. The Kier molecular flexibility index (Phi) is 7.82. The largest absolute Gasteiger partial charge is 0.355 e. The molecule has 0 bridgehead atoms. The molecule has 1 aliphatic heterocycles. The van der Waals surface area contributed by atoms with Gasteiger partial charge in [-0.3, -0.25) is 14.8 Å². The van der Waals surface area contributed by atoms with E-state index >= 15 is 0 Å². The number of halogens is 1. The fourth-order valence-electron chi connectivity index (χ4n) is 3.35. The topological polar surface area (TPSA) is 42.9 Å². The lowest BCUT2D eigenvalue weighted by atomic mass is 10.2. The van der Waals surface area contributed by atoms with Crippen molar-refractivity contribution < 1.29 is 4.39 Å². The van der Waals surface area contributed by atoms with E-state index in [1.165, 1.54) is 17.7 Å². The fraction of sp³-hybridized carbons (Fsp3) is 0.409. The van der Waals surface area contributed by atoms with Crippen LogP contribution in [-0.2, 0) is 13.1 Å². The summed E-state index contributed by atoms with van der Waals surface area (Å²) in [4.78, 5) is 9.26. The van der Waals surface area contributed by atoms with Crippen LogP contribution < -0.4 is 10.6 Å². The van der Waals surface area contributed by atoms with E-state index in [9.17, 15) is 4.39 Å². The number of guanidine groups is 1. The van der Waals surface area contributed by atoms with E-state index in [0.29, 0.717) is 6.54 Å². The van der Waals surface area contributed by atoms with Crippen LogP contribution in [0.2, 0.25) is 0 Å². The molecule has 150 valence electrons. The standard InChI is InChI=1S/C22H30FN5/c1-24-22(26-17-19-7-9-21(23)10-8-19)25-11-12-27-13-15-28(16-14-27)18-20-5-3-2-4-6-20/h2-10H,11-18H2,1H3,(H2,24,25,26). The zero-order chi connectivity index (χ0) is 19.6. The molecule has 0 saturated carbocycles. The maximum atomic E-state index is 13.0. The molecule has 0 atom stereocenters. The molecule has 1 fully saturated rings. The van der Waals surface area contributed by atoms with Gasteiger partial charge in [-0.2, -0.15) is 0 Å². The van der Waals surface area contributed by atoms with Crippen molar-refractivity contribution in [3.63, 3.8) is 0 Å². The third-order valence-corrected chi connectivity index (χ3v) is 5.03. The summed E-state index contributed by atoms with van der Waals surface area (Å²) in [6.07, 6.45) is 0. The minimum atomic E-state index is -0.213.